The van der Waals surface area contributed by atoms with Gasteiger partial charge in [0.05, 0.1) is 23.1 Å². The highest BCUT2D eigenvalue weighted by atomic mass is 32.2. The number of anilines is 1. The van der Waals surface area contributed by atoms with E-state index in [1.54, 1.807) is 0 Å². The Kier molecular flexibility index (Phi) is 3.82. The molecule has 0 fully saturated rings. The highest BCUT2D eigenvalue weighted by molar-refractivity contribution is 8.04. The smallest absolute Gasteiger partial charge is 0.0995 e. The maximum absolute atomic E-state index is 5.72. The second-order valence-corrected chi connectivity index (χ2v) is 6.88. The first kappa shape index (κ1) is 14.7. The van der Waals surface area contributed by atoms with Crippen molar-refractivity contribution in [1.82, 2.24) is 0 Å². The lowest BCUT2D eigenvalue weighted by Gasteiger charge is -2.24. The van der Waals surface area contributed by atoms with Gasteiger partial charge in [-0.05, 0) is 48.8 Å². The van der Waals surface area contributed by atoms with Gasteiger partial charge < -0.3 is 9.64 Å². The van der Waals surface area contributed by atoms with Gasteiger partial charge in [-0.15, -0.1) is 0 Å². The normalized spacial score (nSPS) is 18.5. The molecule has 23 heavy (non-hydrogen) atoms. The van der Waals surface area contributed by atoms with E-state index in [0.29, 0.717) is 0 Å². The first-order valence-electron chi connectivity index (χ1n) is 8.35. The molecular formula is C20H21NOS. The summed E-state index contributed by atoms with van der Waals surface area (Å²) in [4.78, 5) is 3.80. The molecule has 1 aliphatic carbocycles. The lowest BCUT2D eigenvalue weighted by atomic mass is 9.96. The number of benzene rings is 2. The topological polar surface area (TPSA) is 12.5 Å². The van der Waals surface area contributed by atoms with Crippen LogP contribution in [0.15, 0.2) is 63.7 Å². The number of nitrogens with zero attached hydrogens (tertiary/aromatic N) is 1. The van der Waals surface area contributed by atoms with Gasteiger partial charge in [0.15, 0.2) is 0 Å². The van der Waals surface area contributed by atoms with Crippen molar-refractivity contribution in [3.05, 3.63) is 58.8 Å². The van der Waals surface area contributed by atoms with Crippen LogP contribution in [0.3, 0.4) is 0 Å². The van der Waals surface area contributed by atoms with Crippen molar-refractivity contribution in [2.75, 3.05) is 18.1 Å². The molecule has 0 amide bonds. The summed E-state index contributed by atoms with van der Waals surface area (Å²) in [6, 6.07) is 13.1. The van der Waals surface area contributed by atoms with Crippen molar-refractivity contribution >= 4 is 28.2 Å². The van der Waals surface area contributed by atoms with Gasteiger partial charge in [0.2, 0.25) is 0 Å². The molecule has 0 N–H and O–H groups in total. The zero-order chi connectivity index (χ0) is 15.8. The van der Waals surface area contributed by atoms with E-state index in [9.17, 15) is 0 Å². The Bertz CT molecular complexity index is 822. The largest absolute Gasteiger partial charge is 0.498 e. The number of ether oxygens (including phenoxy) is 1. The fourth-order valence-electron chi connectivity index (χ4n) is 3.28. The van der Waals surface area contributed by atoms with Crippen molar-refractivity contribution in [2.45, 2.75) is 31.6 Å². The monoisotopic (exact) mass is 323 g/mol. The maximum atomic E-state index is 5.72. The molecule has 4 rings (SSSR count). The van der Waals surface area contributed by atoms with E-state index in [2.05, 4.69) is 61.2 Å². The second-order valence-electron chi connectivity index (χ2n) is 5.85. The third-order valence-electron chi connectivity index (χ3n) is 4.53. The molecule has 0 spiro atoms. The van der Waals surface area contributed by atoms with Crippen molar-refractivity contribution < 1.29 is 4.74 Å². The summed E-state index contributed by atoms with van der Waals surface area (Å²) in [5, 5.41) is 3.99. The van der Waals surface area contributed by atoms with E-state index in [1.165, 1.54) is 37.7 Å². The van der Waals surface area contributed by atoms with Crippen LogP contribution in [0.5, 0.6) is 0 Å². The van der Waals surface area contributed by atoms with Crippen LogP contribution in [0.2, 0.25) is 0 Å². The Morgan fingerprint density at radius 2 is 2.00 bits per heavy atom. The van der Waals surface area contributed by atoms with Crippen molar-refractivity contribution in [3.63, 3.8) is 0 Å². The summed E-state index contributed by atoms with van der Waals surface area (Å²) in [5.41, 5.74) is 2.70. The average molecular weight is 323 g/mol. The van der Waals surface area contributed by atoms with Gasteiger partial charge in [0, 0.05) is 17.9 Å². The van der Waals surface area contributed by atoms with Crippen LogP contribution in [0, 0.1) is 0 Å². The molecule has 0 saturated carbocycles. The molecule has 1 aliphatic heterocycles. The zero-order valence-electron chi connectivity index (χ0n) is 13.6. The van der Waals surface area contributed by atoms with Crippen molar-refractivity contribution in [1.29, 1.82) is 0 Å². The van der Waals surface area contributed by atoms with Gasteiger partial charge in [-0.1, -0.05) is 42.1 Å². The van der Waals surface area contributed by atoms with Gasteiger partial charge in [0.25, 0.3) is 0 Å². The molecule has 3 heteroatoms. The molecule has 0 radical (unpaired) electrons. The van der Waals surface area contributed by atoms with E-state index in [-0.39, 0.29) is 0 Å². The standard InChI is InChI=1S/C20H21NOS/c1-3-21-17-11-9-14-7-5-6-8-16(14)20(17)23-19(21)13-15-10-12-18(15)22-4-2/h5-9,11,13H,3-4,10,12H2,1-2H3. The Morgan fingerprint density at radius 1 is 1.13 bits per heavy atom. The SMILES string of the molecule is CCOC1=C(C=C2Sc3c(ccc4ccccc34)N2CC)CC1. The molecule has 0 saturated heterocycles. The van der Waals surface area contributed by atoms with Crippen LogP contribution in [0.25, 0.3) is 10.8 Å². The summed E-state index contributed by atoms with van der Waals surface area (Å²) in [7, 11) is 0. The van der Waals surface area contributed by atoms with Gasteiger partial charge in [-0.3, -0.25) is 0 Å². The summed E-state index contributed by atoms with van der Waals surface area (Å²) in [5.74, 6) is 1.18. The molecule has 0 bridgehead atoms. The molecule has 118 valence electrons. The summed E-state index contributed by atoms with van der Waals surface area (Å²) in [6.07, 6.45) is 4.55. The number of fused-ring (bicyclic) bond motifs is 3. The van der Waals surface area contributed by atoms with Gasteiger partial charge in [0.1, 0.15) is 0 Å². The summed E-state index contributed by atoms with van der Waals surface area (Å²) < 4.78 is 5.72. The van der Waals surface area contributed by atoms with Crippen LogP contribution >= 0.6 is 11.8 Å². The minimum atomic E-state index is 0.761. The minimum Gasteiger partial charge on any atom is -0.498 e. The van der Waals surface area contributed by atoms with Gasteiger partial charge >= 0.3 is 0 Å². The quantitative estimate of drug-likeness (QED) is 0.716. The zero-order valence-corrected chi connectivity index (χ0v) is 14.5. The summed E-state index contributed by atoms with van der Waals surface area (Å²) >= 11 is 1.89. The number of hydrogen-bond donors (Lipinski definition) is 0. The fourth-order valence-corrected chi connectivity index (χ4v) is 4.60. The molecular weight excluding hydrogens is 302 g/mol. The Hall–Kier alpha value is -1.87. The van der Waals surface area contributed by atoms with E-state index in [4.69, 9.17) is 4.74 Å². The van der Waals surface area contributed by atoms with Crippen molar-refractivity contribution in [3.8, 4) is 0 Å². The molecule has 2 nitrogen and oxygen atoms in total. The molecule has 0 aromatic heterocycles. The van der Waals surface area contributed by atoms with Crippen LogP contribution in [0.4, 0.5) is 5.69 Å². The maximum Gasteiger partial charge on any atom is 0.0995 e. The predicted molar refractivity (Wildman–Crippen MR) is 98.8 cm³/mol. The lowest BCUT2D eigenvalue weighted by molar-refractivity contribution is 0.200. The molecule has 2 aliphatic rings. The Balaban J connectivity index is 1.77. The Labute approximate surface area is 141 Å². The van der Waals surface area contributed by atoms with Crippen molar-refractivity contribution in [2.24, 2.45) is 0 Å². The molecule has 2 aromatic rings. The van der Waals surface area contributed by atoms with Gasteiger partial charge in [-0.25, -0.2) is 0 Å². The fraction of sp³-hybridized carbons (Fsp3) is 0.300. The number of thioether (sulfide) groups is 1. The highest BCUT2D eigenvalue weighted by Crippen LogP contribution is 2.50. The second kappa shape index (κ2) is 5.97. The van der Waals surface area contributed by atoms with Crippen LogP contribution in [-0.2, 0) is 4.74 Å². The third kappa shape index (κ3) is 2.43. The average Bonchev–Trinajstić information content (AvgIpc) is 2.94. The molecule has 0 unspecified atom stereocenters. The first-order valence-corrected chi connectivity index (χ1v) is 9.17. The molecule has 1 heterocycles. The number of hydrogen-bond acceptors (Lipinski definition) is 3. The predicted octanol–water partition coefficient (Wildman–Crippen LogP) is 5.70. The van der Waals surface area contributed by atoms with E-state index < -0.39 is 0 Å². The molecule has 2 aromatic carbocycles. The minimum absolute atomic E-state index is 0.761. The first-order chi connectivity index (χ1) is 11.3. The lowest BCUT2D eigenvalue weighted by Crippen LogP contribution is -2.17. The third-order valence-corrected chi connectivity index (χ3v) is 5.71. The van der Waals surface area contributed by atoms with E-state index in [1.807, 2.05) is 11.8 Å². The number of allylic oxidation sites excluding steroid dienone is 3. The summed E-state index contributed by atoms with van der Waals surface area (Å²) in [6.45, 7) is 6.02. The number of rotatable bonds is 4. The molecule has 0 atom stereocenters. The van der Waals surface area contributed by atoms with Crippen LogP contribution in [0.1, 0.15) is 26.7 Å². The van der Waals surface area contributed by atoms with E-state index in [0.717, 1.165) is 26.0 Å². The highest BCUT2D eigenvalue weighted by Gasteiger charge is 2.27. The van der Waals surface area contributed by atoms with E-state index >= 15 is 0 Å². The van der Waals surface area contributed by atoms with Crippen LogP contribution in [-0.4, -0.2) is 13.2 Å². The van der Waals surface area contributed by atoms with Gasteiger partial charge in [-0.2, -0.15) is 0 Å². The van der Waals surface area contributed by atoms with Crippen LogP contribution < -0.4 is 4.90 Å². The Morgan fingerprint density at radius 3 is 2.74 bits per heavy atom.